The van der Waals surface area contributed by atoms with Crippen LogP contribution in [0.1, 0.15) is 65.7 Å². The van der Waals surface area contributed by atoms with Gasteiger partial charge in [-0.05, 0) is 76.0 Å². The largest absolute Gasteiger partial charge is 0.444 e. The van der Waals surface area contributed by atoms with E-state index in [2.05, 4.69) is 0 Å². The second-order valence-corrected chi connectivity index (χ2v) is 8.97. The maximum Gasteiger partial charge on any atom is 0.410 e. The van der Waals surface area contributed by atoms with E-state index in [-0.39, 0.29) is 11.5 Å². The standard InChI is InChI=1S/C18H31NO3/c1-16(2,3)22-15(21)19-9-5-14(6-10-19)18(13-20)11-17(12-18)7-4-8-17/h14,20H,4-13H2,1-3H3. The summed E-state index contributed by atoms with van der Waals surface area (Å²) in [6.07, 6.45) is 8.37. The Morgan fingerprint density at radius 3 is 2.23 bits per heavy atom. The Morgan fingerprint density at radius 2 is 1.82 bits per heavy atom. The molecule has 1 aliphatic heterocycles. The fourth-order valence-corrected chi connectivity index (χ4v) is 5.00. The number of likely N-dealkylation sites (tertiary alicyclic amines) is 1. The lowest BCUT2D eigenvalue weighted by molar-refractivity contribution is -0.160. The number of aliphatic hydroxyl groups is 1. The number of carbonyl (C=O) groups excluding carboxylic acids is 1. The summed E-state index contributed by atoms with van der Waals surface area (Å²) in [6.45, 7) is 7.59. The van der Waals surface area contributed by atoms with E-state index in [9.17, 15) is 9.90 Å². The second-order valence-electron chi connectivity index (χ2n) is 8.97. The van der Waals surface area contributed by atoms with E-state index in [4.69, 9.17) is 4.74 Å². The smallest absolute Gasteiger partial charge is 0.410 e. The van der Waals surface area contributed by atoms with Gasteiger partial charge in [0.1, 0.15) is 5.60 Å². The van der Waals surface area contributed by atoms with Gasteiger partial charge < -0.3 is 14.7 Å². The molecule has 1 spiro atoms. The van der Waals surface area contributed by atoms with Crippen LogP contribution in [0.3, 0.4) is 0 Å². The molecule has 22 heavy (non-hydrogen) atoms. The molecule has 1 amide bonds. The van der Waals surface area contributed by atoms with Gasteiger partial charge in [-0.15, -0.1) is 0 Å². The van der Waals surface area contributed by atoms with Crippen LogP contribution in [0.25, 0.3) is 0 Å². The number of piperidine rings is 1. The SMILES string of the molecule is CC(C)(C)OC(=O)N1CCC(C2(CO)CC3(CCC3)C2)CC1. The molecule has 0 radical (unpaired) electrons. The first-order valence-corrected chi connectivity index (χ1v) is 8.86. The van der Waals surface area contributed by atoms with Crippen molar-refractivity contribution in [1.29, 1.82) is 0 Å². The third-order valence-electron chi connectivity index (χ3n) is 6.20. The Morgan fingerprint density at radius 1 is 1.23 bits per heavy atom. The van der Waals surface area contributed by atoms with Crippen molar-refractivity contribution in [3.05, 3.63) is 0 Å². The fourth-order valence-electron chi connectivity index (χ4n) is 5.00. The molecule has 1 saturated heterocycles. The average Bonchev–Trinajstić information content (AvgIpc) is 2.35. The molecule has 1 N–H and O–H groups in total. The summed E-state index contributed by atoms with van der Waals surface area (Å²) in [5, 5.41) is 9.96. The van der Waals surface area contributed by atoms with Crippen LogP contribution in [-0.4, -0.2) is 41.4 Å². The van der Waals surface area contributed by atoms with E-state index in [0.29, 0.717) is 17.9 Å². The van der Waals surface area contributed by atoms with Crippen LogP contribution in [0.5, 0.6) is 0 Å². The minimum absolute atomic E-state index is 0.153. The monoisotopic (exact) mass is 309 g/mol. The quantitative estimate of drug-likeness (QED) is 0.848. The third-order valence-corrected chi connectivity index (χ3v) is 6.20. The summed E-state index contributed by atoms with van der Waals surface area (Å²) in [6, 6.07) is 0. The van der Waals surface area contributed by atoms with E-state index in [1.54, 1.807) is 0 Å². The van der Waals surface area contributed by atoms with Crippen molar-refractivity contribution in [2.75, 3.05) is 19.7 Å². The topological polar surface area (TPSA) is 49.8 Å². The van der Waals surface area contributed by atoms with E-state index in [1.807, 2.05) is 25.7 Å². The summed E-state index contributed by atoms with van der Waals surface area (Å²) in [5.41, 5.74) is 0.316. The molecular formula is C18H31NO3. The number of aliphatic hydroxyl groups excluding tert-OH is 1. The zero-order valence-corrected chi connectivity index (χ0v) is 14.4. The predicted molar refractivity (Wildman–Crippen MR) is 85.6 cm³/mol. The number of hydrogen-bond donors (Lipinski definition) is 1. The zero-order chi connectivity index (χ0) is 16.0. The van der Waals surface area contributed by atoms with Gasteiger partial charge in [-0.2, -0.15) is 0 Å². The molecule has 0 aromatic heterocycles. The van der Waals surface area contributed by atoms with E-state index in [1.165, 1.54) is 32.1 Å². The highest BCUT2D eigenvalue weighted by Crippen LogP contribution is 2.67. The number of amides is 1. The van der Waals surface area contributed by atoms with Crippen molar-refractivity contribution in [3.63, 3.8) is 0 Å². The number of ether oxygens (including phenoxy) is 1. The Balaban J connectivity index is 1.52. The molecule has 0 aromatic rings. The Bertz CT molecular complexity index is 420. The molecule has 2 saturated carbocycles. The molecule has 3 fully saturated rings. The first-order valence-electron chi connectivity index (χ1n) is 8.86. The molecule has 0 aromatic carbocycles. The molecule has 0 unspecified atom stereocenters. The lowest BCUT2D eigenvalue weighted by Gasteiger charge is -2.64. The van der Waals surface area contributed by atoms with Crippen LogP contribution in [0.15, 0.2) is 0 Å². The summed E-state index contributed by atoms with van der Waals surface area (Å²) < 4.78 is 5.46. The number of rotatable bonds is 2. The maximum atomic E-state index is 12.1. The van der Waals surface area contributed by atoms with Crippen LogP contribution in [0.2, 0.25) is 0 Å². The summed E-state index contributed by atoms with van der Waals surface area (Å²) in [5.74, 6) is 0.572. The number of carbonyl (C=O) groups is 1. The van der Waals surface area contributed by atoms with Crippen molar-refractivity contribution in [2.45, 2.75) is 71.3 Å². The molecule has 0 atom stereocenters. The molecule has 4 nitrogen and oxygen atoms in total. The van der Waals surface area contributed by atoms with Gasteiger partial charge in [-0.3, -0.25) is 0 Å². The van der Waals surface area contributed by atoms with Gasteiger partial charge >= 0.3 is 6.09 Å². The molecule has 3 aliphatic rings. The Labute approximate surface area is 134 Å². The summed E-state index contributed by atoms with van der Waals surface area (Å²) in [4.78, 5) is 14.0. The lowest BCUT2D eigenvalue weighted by Crippen LogP contribution is -2.57. The normalized spacial score (nSPS) is 27.2. The lowest BCUT2D eigenvalue weighted by atomic mass is 9.42. The van der Waals surface area contributed by atoms with Crippen molar-refractivity contribution in [3.8, 4) is 0 Å². The van der Waals surface area contributed by atoms with Crippen LogP contribution in [0.4, 0.5) is 4.79 Å². The highest BCUT2D eigenvalue weighted by atomic mass is 16.6. The third kappa shape index (κ3) is 2.86. The highest BCUT2D eigenvalue weighted by Gasteiger charge is 2.59. The zero-order valence-electron chi connectivity index (χ0n) is 14.4. The van der Waals surface area contributed by atoms with Gasteiger partial charge in [0.25, 0.3) is 0 Å². The number of hydrogen-bond acceptors (Lipinski definition) is 3. The molecule has 0 bridgehead atoms. The van der Waals surface area contributed by atoms with Crippen LogP contribution in [0, 0.1) is 16.7 Å². The van der Waals surface area contributed by atoms with Crippen molar-refractivity contribution in [1.82, 2.24) is 4.90 Å². The average molecular weight is 309 g/mol. The minimum Gasteiger partial charge on any atom is -0.444 e. The maximum absolute atomic E-state index is 12.1. The van der Waals surface area contributed by atoms with Crippen molar-refractivity contribution < 1.29 is 14.6 Å². The predicted octanol–water partition coefficient (Wildman–Crippen LogP) is 3.58. The van der Waals surface area contributed by atoms with Gasteiger partial charge in [0.05, 0.1) is 0 Å². The number of nitrogens with zero attached hydrogens (tertiary/aromatic N) is 1. The van der Waals surface area contributed by atoms with Gasteiger partial charge in [0.2, 0.25) is 0 Å². The molecule has 126 valence electrons. The van der Waals surface area contributed by atoms with Gasteiger partial charge in [0.15, 0.2) is 0 Å². The van der Waals surface area contributed by atoms with Gasteiger partial charge in [0, 0.05) is 19.7 Å². The van der Waals surface area contributed by atoms with Gasteiger partial charge in [-0.25, -0.2) is 4.79 Å². The van der Waals surface area contributed by atoms with Crippen molar-refractivity contribution in [2.24, 2.45) is 16.7 Å². The van der Waals surface area contributed by atoms with Crippen LogP contribution >= 0.6 is 0 Å². The Kier molecular flexibility index (Phi) is 3.95. The summed E-state index contributed by atoms with van der Waals surface area (Å²) >= 11 is 0. The molecular weight excluding hydrogens is 278 g/mol. The van der Waals surface area contributed by atoms with Crippen LogP contribution < -0.4 is 0 Å². The summed E-state index contributed by atoms with van der Waals surface area (Å²) in [7, 11) is 0. The molecule has 1 heterocycles. The molecule has 2 aliphatic carbocycles. The highest BCUT2D eigenvalue weighted by molar-refractivity contribution is 5.68. The minimum atomic E-state index is -0.426. The first kappa shape index (κ1) is 16.1. The van der Waals surface area contributed by atoms with Gasteiger partial charge in [-0.1, -0.05) is 6.42 Å². The van der Waals surface area contributed by atoms with E-state index in [0.717, 1.165) is 25.9 Å². The van der Waals surface area contributed by atoms with E-state index >= 15 is 0 Å². The Hall–Kier alpha value is -0.770. The fraction of sp³-hybridized carbons (Fsp3) is 0.944. The van der Waals surface area contributed by atoms with Crippen LogP contribution in [-0.2, 0) is 4.74 Å². The molecule has 4 heteroatoms. The first-order chi connectivity index (χ1) is 10.3. The van der Waals surface area contributed by atoms with Crippen molar-refractivity contribution >= 4 is 6.09 Å². The second kappa shape index (κ2) is 5.40. The van der Waals surface area contributed by atoms with E-state index < -0.39 is 5.60 Å². The molecule has 3 rings (SSSR count).